The van der Waals surface area contributed by atoms with Gasteiger partial charge >= 0.3 is 0 Å². The van der Waals surface area contributed by atoms with Gasteiger partial charge in [0.15, 0.2) is 11.6 Å². The molecular formula is C10H18N4O. The minimum Gasteiger partial charge on any atom is -0.396 e. The molecule has 0 aliphatic rings. The molecule has 0 aromatic carbocycles. The molecule has 4 N–H and O–H groups in total. The van der Waals surface area contributed by atoms with E-state index in [0.29, 0.717) is 18.2 Å². The lowest BCUT2D eigenvalue weighted by Gasteiger charge is -2.24. The largest absolute Gasteiger partial charge is 0.396 e. The van der Waals surface area contributed by atoms with E-state index in [2.05, 4.69) is 29.1 Å². The van der Waals surface area contributed by atoms with E-state index >= 15 is 0 Å². The quantitative estimate of drug-likeness (QED) is 0.672. The molecule has 1 rings (SSSR count). The van der Waals surface area contributed by atoms with Crippen LogP contribution < -0.4 is 11.1 Å². The number of aliphatic hydroxyl groups excluding tert-OH is 1. The number of hydrogen-bond acceptors (Lipinski definition) is 5. The number of nitrogen functional groups attached to an aromatic ring is 1. The van der Waals surface area contributed by atoms with Crippen molar-refractivity contribution < 1.29 is 5.11 Å². The lowest BCUT2D eigenvalue weighted by atomic mass is 9.90. The first-order chi connectivity index (χ1) is 7.05. The summed E-state index contributed by atoms with van der Waals surface area (Å²) in [6.45, 7) is 5.03. The molecule has 0 aliphatic carbocycles. The summed E-state index contributed by atoms with van der Waals surface area (Å²) in [6, 6.07) is 0. The van der Waals surface area contributed by atoms with Gasteiger partial charge in [-0.15, -0.1) is 0 Å². The first-order valence-electron chi connectivity index (χ1n) is 4.96. The molecule has 0 saturated heterocycles. The molecule has 0 saturated carbocycles. The normalized spacial score (nSPS) is 11.4. The van der Waals surface area contributed by atoms with Gasteiger partial charge in [-0.3, -0.25) is 0 Å². The molecule has 15 heavy (non-hydrogen) atoms. The van der Waals surface area contributed by atoms with Crippen LogP contribution in [0.15, 0.2) is 12.4 Å². The topological polar surface area (TPSA) is 84.1 Å². The van der Waals surface area contributed by atoms with Crippen LogP contribution >= 0.6 is 0 Å². The third-order valence-corrected chi connectivity index (χ3v) is 2.25. The van der Waals surface area contributed by atoms with Crippen molar-refractivity contribution in [2.75, 3.05) is 24.2 Å². The maximum atomic E-state index is 8.87. The molecule has 0 spiro atoms. The Morgan fingerprint density at radius 1 is 1.40 bits per heavy atom. The fourth-order valence-electron chi connectivity index (χ4n) is 1.20. The van der Waals surface area contributed by atoms with Crippen molar-refractivity contribution in [1.29, 1.82) is 0 Å². The fourth-order valence-corrected chi connectivity index (χ4v) is 1.20. The number of nitrogens with zero attached hydrogens (tertiary/aromatic N) is 2. The minimum absolute atomic E-state index is 0.0126. The van der Waals surface area contributed by atoms with Crippen molar-refractivity contribution in [2.45, 2.75) is 20.3 Å². The van der Waals surface area contributed by atoms with Crippen molar-refractivity contribution in [1.82, 2.24) is 9.97 Å². The van der Waals surface area contributed by atoms with Gasteiger partial charge < -0.3 is 16.2 Å². The van der Waals surface area contributed by atoms with Crippen LogP contribution in [0.25, 0.3) is 0 Å². The summed E-state index contributed by atoms with van der Waals surface area (Å²) in [6.07, 6.45) is 3.89. The number of nitrogens with two attached hydrogens (primary N) is 1. The van der Waals surface area contributed by atoms with Crippen LogP contribution in [0, 0.1) is 5.41 Å². The van der Waals surface area contributed by atoms with Gasteiger partial charge in [0.2, 0.25) is 0 Å². The zero-order chi connectivity index (χ0) is 11.3. The number of aromatic nitrogens is 2. The third kappa shape index (κ3) is 3.71. The Balaban J connectivity index is 2.53. The van der Waals surface area contributed by atoms with Crippen molar-refractivity contribution in [2.24, 2.45) is 5.41 Å². The van der Waals surface area contributed by atoms with Gasteiger partial charge in [0, 0.05) is 25.5 Å². The zero-order valence-corrected chi connectivity index (χ0v) is 9.20. The van der Waals surface area contributed by atoms with E-state index in [1.54, 1.807) is 12.4 Å². The zero-order valence-electron chi connectivity index (χ0n) is 9.20. The third-order valence-electron chi connectivity index (χ3n) is 2.25. The van der Waals surface area contributed by atoms with Crippen LogP contribution in [0.5, 0.6) is 0 Å². The minimum atomic E-state index is 0.0126. The summed E-state index contributed by atoms with van der Waals surface area (Å²) in [5.41, 5.74) is 5.65. The predicted octanol–water partition coefficient (Wildman–Crippen LogP) is 0.879. The second-order valence-corrected chi connectivity index (χ2v) is 4.28. The molecule has 0 aliphatic heterocycles. The Kier molecular flexibility index (Phi) is 3.85. The van der Waals surface area contributed by atoms with Gasteiger partial charge in [0.05, 0.1) is 0 Å². The van der Waals surface area contributed by atoms with Crippen molar-refractivity contribution in [3.8, 4) is 0 Å². The summed E-state index contributed by atoms with van der Waals surface area (Å²) in [4.78, 5) is 8.01. The van der Waals surface area contributed by atoms with E-state index in [1.807, 2.05) is 0 Å². The highest BCUT2D eigenvalue weighted by Gasteiger charge is 2.17. The highest BCUT2D eigenvalue weighted by Crippen LogP contribution is 2.21. The van der Waals surface area contributed by atoms with Crippen LogP contribution in [0.1, 0.15) is 20.3 Å². The Morgan fingerprint density at radius 2 is 2.07 bits per heavy atom. The lowest BCUT2D eigenvalue weighted by molar-refractivity contribution is 0.220. The fraction of sp³-hybridized carbons (Fsp3) is 0.600. The first-order valence-corrected chi connectivity index (χ1v) is 4.96. The van der Waals surface area contributed by atoms with Crippen molar-refractivity contribution >= 4 is 11.6 Å². The number of hydrogen-bond donors (Lipinski definition) is 3. The maximum Gasteiger partial charge on any atom is 0.168 e. The highest BCUT2D eigenvalue weighted by molar-refractivity contribution is 5.54. The van der Waals surface area contributed by atoms with Crippen LogP contribution in [-0.4, -0.2) is 28.2 Å². The van der Waals surface area contributed by atoms with Crippen LogP contribution in [0.2, 0.25) is 0 Å². The Morgan fingerprint density at radius 3 is 2.67 bits per heavy atom. The van der Waals surface area contributed by atoms with E-state index in [4.69, 9.17) is 10.8 Å². The highest BCUT2D eigenvalue weighted by atomic mass is 16.3. The van der Waals surface area contributed by atoms with Crippen LogP contribution in [0.3, 0.4) is 0 Å². The van der Waals surface area contributed by atoms with Gasteiger partial charge in [-0.25, -0.2) is 9.97 Å². The SMILES string of the molecule is CC(C)(CCO)CNc1nccnc1N. The molecule has 1 heterocycles. The average Bonchev–Trinajstić information content (AvgIpc) is 2.16. The monoisotopic (exact) mass is 210 g/mol. The summed E-state index contributed by atoms with van der Waals surface area (Å²) >= 11 is 0. The number of anilines is 2. The van der Waals surface area contributed by atoms with Crippen LogP contribution in [0.4, 0.5) is 11.6 Å². The summed E-state index contributed by atoms with van der Waals surface area (Å²) < 4.78 is 0. The molecular weight excluding hydrogens is 192 g/mol. The van der Waals surface area contributed by atoms with E-state index in [1.165, 1.54) is 0 Å². The van der Waals surface area contributed by atoms with E-state index in [0.717, 1.165) is 6.42 Å². The number of nitrogens with one attached hydrogen (secondary N) is 1. The van der Waals surface area contributed by atoms with Crippen molar-refractivity contribution in [3.05, 3.63) is 12.4 Å². The molecule has 84 valence electrons. The Bertz CT molecular complexity index is 314. The van der Waals surface area contributed by atoms with Gasteiger partial charge in [0.25, 0.3) is 0 Å². The Labute approximate surface area is 89.7 Å². The molecule has 1 aromatic rings. The maximum absolute atomic E-state index is 8.87. The van der Waals surface area contributed by atoms with Crippen molar-refractivity contribution in [3.63, 3.8) is 0 Å². The molecule has 5 nitrogen and oxygen atoms in total. The van der Waals surface area contributed by atoms with E-state index < -0.39 is 0 Å². The molecule has 1 aromatic heterocycles. The van der Waals surface area contributed by atoms with E-state index in [-0.39, 0.29) is 12.0 Å². The summed E-state index contributed by atoms with van der Waals surface area (Å²) in [5, 5.41) is 12.0. The molecule has 0 bridgehead atoms. The first kappa shape index (κ1) is 11.7. The average molecular weight is 210 g/mol. The van der Waals surface area contributed by atoms with Gasteiger partial charge in [-0.05, 0) is 11.8 Å². The number of rotatable bonds is 5. The molecule has 5 heteroatoms. The summed E-state index contributed by atoms with van der Waals surface area (Å²) in [5.74, 6) is 1.00. The smallest absolute Gasteiger partial charge is 0.168 e. The summed E-state index contributed by atoms with van der Waals surface area (Å²) in [7, 11) is 0. The van der Waals surface area contributed by atoms with E-state index in [9.17, 15) is 0 Å². The predicted molar refractivity (Wildman–Crippen MR) is 60.4 cm³/mol. The van der Waals surface area contributed by atoms with Gasteiger partial charge in [-0.2, -0.15) is 0 Å². The second kappa shape index (κ2) is 4.93. The van der Waals surface area contributed by atoms with Gasteiger partial charge in [0.1, 0.15) is 0 Å². The lowest BCUT2D eigenvalue weighted by Crippen LogP contribution is -2.25. The molecule has 0 atom stereocenters. The van der Waals surface area contributed by atoms with Gasteiger partial charge in [-0.1, -0.05) is 13.8 Å². The molecule has 0 unspecified atom stereocenters. The molecule has 0 amide bonds. The standard InChI is InChI=1S/C10H18N4O/c1-10(2,3-6-15)7-14-9-8(11)12-4-5-13-9/h4-5,15H,3,6-7H2,1-2H3,(H2,11,12)(H,13,14). The Hall–Kier alpha value is -1.36. The second-order valence-electron chi connectivity index (χ2n) is 4.28. The van der Waals surface area contributed by atoms with Crippen LogP contribution in [-0.2, 0) is 0 Å². The molecule has 0 fully saturated rings. The molecule has 0 radical (unpaired) electrons. The number of aliphatic hydroxyl groups is 1.